The van der Waals surface area contributed by atoms with Gasteiger partial charge in [-0.1, -0.05) is 12.1 Å². The molecule has 0 saturated heterocycles. The van der Waals surface area contributed by atoms with Gasteiger partial charge >= 0.3 is 0 Å². The van der Waals surface area contributed by atoms with Gasteiger partial charge in [-0.2, -0.15) is 0 Å². The minimum Gasteiger partial charge on any atom is -0.508 e. The number of phenolic OH excluding ortho intramolecular Hbond substituents is 1. The van der Waals surface area contributed by atoms with E-state index in [-0.39, 0.29) is 17.9 Å². The highest BCUT2D eigenvalue weighted by Crippen LogP contribution is 2.22. The molecule has 1 saturated carbocycles. The molecule has 0 radical (unpaired) electrons. The Hall–Kier alpha value is -1.06. The Morgan fingerprint density at radius 2 is 2.27 bits per heavy atom. The number of benzene rings is 1. The molecule has 82 valence electrons. The maximum Gasteiger partial charge on any atom is 0.115 e. The molecule has 1 aromatic rings. The maximum absolute atomic E-state index is 9.28. The number of nitrogens with two attached hydrogens (primary N) is 1. The zero-order valence-corrected chi connectivity index (χ0v) is 8.73. The van der Waals surface area contributed by atoms with E-state index >= 15 is 0 Å². The minimum atomic E-state index is 0.183. The van der Waals surface area contributed by atoms with Gasteiger partial charge in [0.25, 0.3) is 0 Å². The summed E-state index contributed by atoms with van der Waals surface area (Å²) >= 11 is 0. The zero-order chi connectivity index (χ0) is 10.7. The fourth-order valence-corrected chi connectivity index (χ4v) is 2.01. The number of hydrogen-bond acceptors (Lipinski definition) is 3. The summed E-state index contributed by atoms with van der Waals surface area (Å²) in [6, 6.07) is 7.33. The molecule has 3 heteroatoms. The van der Waals surface area contributed by atoms with Crippen LogP contribution in [-0.4, -0.2) is 17.3 Å². The van der Waals surface area contributed by atoms with Crippen LogP contribution >= 0.6 is 0 Å². The van der Waals surface area contributed by atoms with Crippen LogP contribution in [0.15, 0.2) is 24.3 Å². The molecular weight excluding hydrogens is 190 g/mol. The highest BCUT2D eigenvalue weighted by Gasteiger charge is 2.24. The summed E-state index contributed by atoms with van der Waals surface area (Å²) in [5.74, 6) is 0.284. The zero-order valence-electron chi connectivity index (χ0n) is 8.73. The third-order valence-corrected chi connectivity index (χ3v) is 2.88. The summed E-state index contributed by atoms with van der Waals surface area (Å²) in [4.78, 5) is 0. The first-order chi connectivity index (χ1) is 7.25. The average Bonchev–Trinajstić information content (AvgIpc) is 2.61. The van der Waals surface area contributed by atoms with E-state index < -0.39 is 0 Å². The second-order valence-electron chi connectivity index (χ2n) is 4.11. The summed E-state index contributed by atoms with van der Waals surface area (Å²) in [6.07, 6.45) is 3.46. The van der Waals surface area contributed by atoms with Gasteiger partial charge in [-0.25, -0.2) is 0 Å². The normalized spacial score (nSPS) is 25.7. The van der Waals surface area contributed by atoms with Crippen LogP contribution in [0.25, 0.3) is 0 Å². The van der Waals surface area contributed by atoms with E-state index in [0.717, 1.165) is 24.8 Å². The van der Waals surface area contributed by atoms with Gasteiger partial charge in [0.2, 0.25) is 0 Å². The summed E-state index contributed by atoms with van der Waals surface area (Å²) in [6.45, 7) is 0.534. The lowest BCUT2D eigenvalue weighted by atomic mass is 10.2. The van der Waals surface area contributed by atoms with E-state index in [4.69, 9.17) is 10.5 Å². The molecule has 0 unspecified atom stereocenters. The predicted octanol–water partition coefficient (Wildman–Crippen LogP) is 1.79. The number of aromatic hydroxyl groups is 1. The van der Waals surface area contributed by atoms with Crippen molar-refractivity contribution in [1.82, 2.24) is 0 Å². The van der Waals surface area contributed by atoms with Crippen molar-refractivity contribution in [1.29, 1.82) is 0 Å². The van der Waals surface area contributed by atoms with Crippen LogP contribution in [0.3, 0.4) is 0 Å². The lowest BCUT2D eigenvalue weighted by Gasteiger charge is -2.16. The Bertz CT molecular complexity index is 327. The van der Waals surface area contributed by atoms with Crippen molar-refractivity contribution < 1.29 is 9.84 Å². The van der Waals surface area contributed by atoms with Crippen LogP contribution in [0.2, 0.25) is 0 Å². The van der Waals surface area contributed by atoms with Gasteiger partial charge < -0.3 is 15.6 Å². The quantitative estimate of drug-likeness (QED) is 0.794. The maximum atomic E-state index is 9.28. The first kappa shape index (κ1) is 10.5. The number of phenols is 1. The van der Waals surface area contributed by atoms with E-state index in [9.17, 15) is 5.11 Å². The smallest absolute Gasteiger partial charge is 0.115 e. The molecule has 1 aliphatic carbocycles. The van der Waals surface area contributed by atoms with Crippen molar-refractivity contribution in [2.45, 2.75) is 38.0 Å². The number of rotatable bonds is 3. The van der Waals surface area contributed by atoms with Crippen molar-refractivity contribution >= 4 is 0 Å². The molecule has 3 N–H and O–H groups in total. The Labute approximate surface area is 89.9 Å². The van der Waals surface area contributed by atoms with E-state index in [2.05, 4.69) is 0 Å². The van der Waals surface area contributed by atoms with E-state index in [0.29, 0.717) is 6.61 Å². The summed E-state index contributed by atoms with van der Waals surface area (Å²) in [7, 11) is 0. The molecule has 1 aromatic carbocycles. The van der Waals surface area contributed by atoms with Gasteiger partial charge in [-0.05, 0) is 37.0 Å². The highest BCUT2D eigenvalue weighted by atomic mass is 16.5. The van der Waals surface area contributed by atoms with Gasteiger partial charge in [0.1, 0.15) is 5.75 Å². The molecule has 0 heterocycles. The molecule has 1 aliphatic rings. The fraction of sp³-hybridized carbons (Fsp3) is 0.500. The van der Waals surface area contributed by atoms with Crippen LogP contribution in [0, 0.1) is 0 Å². The monoisotopic (exact) mass is 207 g/mol. The van der Waals surface area contributed by atoms with Crippen LogP contribution in [0.4, 0.5) is 0 Å². The van der Waals surface area contributed by atoms with E-state index in [1.54, 1.807) is 12.1 Å². The van der Waals surface area contributed by atoms with Gasteiger partial charge in [0, 0.05) is 6.04 Å². The molecule has 1 fully saturated rings. The molecular formula is C12H17NO2. The molecule has 2 rings (SSSR count). The molecule has 0 aliphatic heterocycles. The molecule has 15 heavy (non-hydrogen) atoms. The molecule has 2 atom stereocenters. The second-order valence-corrected chi connectivity index (χ2v) is 4.11. The summed E-state index contributed by atoms with van der Waals surface area (Å²) < 4.78 is 5.72. The lowest BCUT2D eigenvalue weighted by molar-refractivity contribution is 0.0356. The summed E-state index contributed by atoms with van der Waals surface area (Å²) in [5.41, 5.74) is 6.89. The highest BCUT2D eigenvalue weighted by molar-refractivity contribution is 5.26. The van der Waals surface area contributed by atoms with Gasteiger partial charge in [-0.3, -0.25) is 0 Å². The SMILES string of the molecule is N[C@H]1CCC[C@@H]1OCc1cccc(O)c1. The Kier molecular flexibility index (Phi) is 3.23. The van der Waals surface area contributed by atoms with Gasteiger partial charge in [-0.15, -0.1) is 0 Å². The van der Waals surface area contributed by atoms with Gasteiger partial charge in [0.05, 0.1) is 12.7 Å². The topological polar surface area (TPSA) is 55.5 Å². The Balaban J connectivity index is 1.87. The average molecular weight is 207 g/mol. The molecule has 3 nitrogen and oxygen atoms in total. The van der Waals surface area contributed by atoms with Crippen molar-refractivity contribution in [3.8, 4) is 5.75 Å². The molecule has 0 bridgehead atoms. The van der Waals surface area contributed by atoms with E-state index in [1.165, 1.54) is 0 Å². The Morgan fingerprint density at radius 1 is 1.40 bits per heavy atom. The van der Waals surface area contributed by atoms with Crippen LogP contribution in [-0.2, 0) is 11.3 Å². The predicted molar refractivity (Wildman–Crippen MR) is 58.5 cm³/mol. The van der Waals surface area contributed by atoms with Crippen LogP contribution < -0.4 is 5.73 Å². The minimum absolute atomic E-state index is 0.183. The number of ether oxygens (including phenoxy) is 1. The van der Waals surface area contributed by atoms with Crippen molar-refractivity contribution in [3.63, 3.8) is 0 Å². The molecule has 0 amide bonds. The van der Waals surface area contributed by atoms with Gasteiger partial charge in [0.15, 0.2) is 0 Å². The van der Waals surface area contributed by atoms with Crippen LogP contribution in [0.1, 0.15) is 24.8 Å². The standard InChI is InChI=1S/C12H17NO2/c13-11-5-2-6-12(11)15-8-9-3-1-4-10(14)7-9/h1,3-4,7,11-12,14H,2,5-6,8,13H2/t11-,12-/m0/s1. The summed E-state index contributed by atoms with van der Waals surface area (Å²) in [5, 5.41) is 9.28. The van der Waals surface area contributed by atoms with Crippen molar-refractivity contribution in [2.75, 3.05) is 0 Å². The van der Waals surface area contributed by atoms with E-state index in [1.807, 2.05) is 12.1 Å². The van der Waals surface area contributed by atoms with Crippen molar-refractivity contribution in [3.05, 3.63) is 29.8 Å². The second kappa shape index (κ2) is 4.64. The third-order valence-electron chi connectivity index (χ3n) is 2.88. The molecule has 0 spiro atoms. The van der Waals surface area contributed by atoms with Crippen molar-refractivity contribution in [2.24, 2.45) is 5.73 Å². The third kappa shape index (κ3) is 2.70. The van der Waals surface area contributed by atoms with Crippen LogP contribution in [0.5, 0.6) is 5.75 Å². The number of hydrogen-bond donors (Lipinski definition) is 2. The fourth-order valence-electron chi connectivity index (χ4n) is 2.01. The first-order valence-corrected chi connectivity index (χ1v) is 5.41. The molecule has 0 aromatic heterocycles. The lowest BCUT2D eigenvalue weighted by Crippen LogP contribution is -2.31. The Morgan fingerprint density at radius 3 is 2.93 bits per heavy atom. The largest absolute Gasteiger partial charge is 0.508 e. The first-order valence-electron chi connectivity index (χ1n) is 5.41.